The minimum absolute atomic E-state index is 0.0577. The molecule has 0 unspecified atom stereocenters. The number of para-hydroxylation sites is 1. The predicted molar refractivity (Wildman–Crippen MR) is 119 cm³/mol. The van der Waals surface area contributed by atoms with Gasteiger partial charge in [0.05, 0.1) is 0 Å². The van der Waals surface area contributed by atoms with E-state index in [0.717, 1.165) is 29.8 Å². The molecule has 0 aliphatic carbocycles. The Morgan fingerprint density at radius 2 is 1.83 bits per heavy atom. The summed E-state index contributed by atoms with van der Waals surface area (Å²) in [5.41, 5.74) is 3.53. The molecule has 0 fully saturated rings. The SMILES string of the molecule is CCc1ccccc1NC(=O)Cn1c(SCCc2ccccc2)nc(C)cc1=O. The maximum absolute atomic E-state index is 12.6. The number of benzene rings is 2. The molecule has 3 rings (SSSR count). The Labute approximate surface area is 175 Å². The van der Waals surface area contributed by atoms with E-state index < -0.39 is 0 Å². The molecule has 29 heavy (non-hydrogen) atoms. The molecule has 0 saturated carbocycles. The third-order valence-corrected chi connectivity index (χ3v) is 5.52. The van der Waals surface area contributed by atoms with E-state index in [1.807, 2.05) is 49.4 Å². The van der Waals surface area contributed by atoms with E-state index >= 15 is 0 Å². The first-order chi connectivity index (χ1) is 14.1. The number of thioether (sulfide) groups is 1. The van der Waals surface area contributed by atoms with Gasteiger partial charge in [-0.2, -0.15) is 0 Å². The number of nitrogens with one attached hydrogen (secondary N) is 1. The second-order valence-electron chi connectivity index (χ2n) is 6.75. The van der Waals surface area contributed by atoms with Crippen LogP contribution in [0.15, 0.2) is 70.6 Å². The van der Waals surface area contributed by atoms with Crippen LogP contribution in [-0.2, 0) is 24.2 Å². The molecule has 0 aliphatic rings. The van der Waals surface area contributed by atoms with E-state index in [-0.39, 0.29) is 18.0 Å². The Balaban J connectivity index is 1.72. The first kappa shape index (κ1) is 20.9. The van der Waals surface area contributed by atoms with Gasteiger partial charge in [0, 0.05) is 23.2 Å². The summed E-state index contributed by atoms with van der Waals surface area (Å²) >= 11 is 1.50. The zero-order valence-electron chi connectivity index (χ0n) is 16.7. The second kappa shape index (κ2) is 10.1. The van der Waals surface area contributed by atoms with Crippen LogP contribution < -0.4 is 10.9 Å². The topological polar surface area (TPSA) is 64.0 Å². The Morgan fingerprint density at radius 3 is 2.59 bits per heavy atom. The Hall–Kier alpha value is -2.86. The maximum atomic E-state index is 12.6. The van der Waals surface area contributed by atoms with Crippen molar-refractivity contribution >= 4 is 23.4 Å². The lowest BCUT2D eigenvalue weighted by Gasteiger charge is -2.14. The molecule has 0 bridgehead atoms. The molecule has 0 atom stereocenters. The zero-order valence-corrected chi connectivity index (χ0v) is 17.5. The molecule has 2 aromatic carbocycles. The van der Waals surface area contributed by atoms with Gasteiger partial charge in [0.25, 0.3) is 5.56 Å². The number of amides is 1. The molecular weight excluding hydrogens is 382 g/mol. The van der Waals surface area contributed by atoms with E-state index in [1.54, 1.807) is 6.92 Å². The minimum atomic E-state index is -0.233. The lowest BCUT2D eigenvalue weighted by Crippen LogP contribution is -2.29. The van der Waals surface area contributed by atoms with Crippen LogP contribution in [0.3, 0.4) is 0 Å². The molecular formula is C23H25N3O2S. The summed E-state index contributed by atoms with van der Waals surface area (Å²) in [6.07, 6.45) is 1.69. The lowest BCUT2D eigenvalue weighted by molar-refractivity contribution is -0.116. The van der Waals surface area contributed by atoms with E-state index in [4.69, 9.17) is 0 Å². The van der Waals surface area contributed by atoms with E-state index in [0.29, 0.717) is 10.9 Å². The van der Waals surface area contributed by atoms with Crippen molar-refractivity contribution in [1.29, 1.82) is 0 Å². The van der Waals surface area contributed by atoms with Gasteiger partial charge in [0.1, 0.15) is 6.54 Å². The largest absolute Gasteiger partial charge is 0.324 e. The molecule has 0 radical (unpaired) electrons. The van der Waals surface area contributed by atoms with Crippen molar-refractivity contribution in [3.8, 4) is 0 Å². The van der Waals surface area contributed by atoms with Crippen molar-refractivity contribution in [3.63, 3.8) is 0 Å². The van der Waals surface area contributed by atoms with Gasteiger partial charge in [-0.15, -0.1) is 0 Å². The van der Waals surface area contributed by atoms with Gasteiger partial charge >= 0.3 is 0 Å². The standard InChI is InChI=1S/C23H25N3O2S/c1-3-19-11-7-8-12-20(19)25-21(27)16-26-22(28)15-17(2)24-23(26)29-14-13-18-9-5-4-6-10-18/h4-12,15H,3,13-14,16H2,1-2H3,(H,25,27). The van der Waals surface area contributed by atoms with Crippen molar-refractivity contribution in [2.24, 2.45) is 0 Å². The molecule has 0 spiro atoms. The van der Waals surface area contributed by atoms with Gasteiger partial charge in [-0.3, -0.25) is 14.2 Å². The number of hydrogen-bond donors (Lipinski definition) is 1. The van der Waals surface area contributed by atoms with Crippen molar-refractivity contribution in [1.82, 2.24) is 9.55 Å². The Morgan fingerprint density at radius 1 is 1.10 bits per heavy atom. The molecule has 1 aromatic heterocycles. The fourth-order valence-electron chi connectivity index (χ4n) is 3.04. The van der Waals surface area contributed by atoms with Crippen molar-refractivity contribution in [2.75, 3.05) is 11.1 Å². The summed E-state index contributed by atoms with van der Waals surface area (Å²) in [7, 11) is 0. The van der Waals surface area contributed by atoms with E-state index in [1.165, 1.54) is 28.0 Å². The second-order valence-corrected chi connectivity index (χ2v) is 7.81. The van der Waals surface area contributed by atoms with Crippen LogP contribution in [0, 0.1) is 6.92 Å². The highest BCUT2D eigenvalue weighted by atomic mass is 32.2. The molecule has 1 heterocycles. The quantitative estimate of drug-likeness (QED) is 0.451. The summed E-state index contributed by atoms with van der Waals surface area (Å²) in [6.45, 7) is 3.78. The molecule has 0 aliphatic heterocycles. The van der Waals surface area contributed by atoms with E-state index in [9.17, 15) is 9.59 Å². The molecule has 150 valence electrons. The molecule has 3 aromatic rings. The van der Waals surface area contributed by atoms with Crippen LogP contribution in [0.4, 0.5) is 5.69 Å². The maximum Gasteiger partial charge on any atom is 0.254 e. The number of hydrogen-bond acceptors (Lipinski definition) is 4. The normalized spacial score (nSPS) is 10.7. The predicted octanol–water partition coefficient (Wildman–Crippen LogP) is 4.09. The average Bonchev–Trinajstić information content (AvgIpc) is 2.71. The first-order valence-corrected chi connectivity index (χ1v) is 10.7. The third kappa shape index (κ3) is 5.81. The van der Waals surface area contributed by atoms with Crippen LogP contribution in [0.2, 0.25) is 0 Å². The molecule has 6 heteroatoms. The van der Waals surface area contributed by atoms with E-state index in [2.05, 4.69) is 22.4 Å². The molecule has 1 amide bonds. The van der Waals surface area contributed by atoms with Crippen molar-refractivity contribution in [2.45, 2.75) is 38.4 Å². The van der Waals surface area contributed by atoms with Gasteiger partial charge in [-0.05, 0) is 37.0 Å². The van der Waals surface area contributed by atoms with Crippen LogP contribution >= 0.6 is 11.8 Å². The summed E-state index contributed by atoms with van der Waals surface area (Å²) in [5.74, 6) is 0.545. The monoisotopic (exact) mass is 407 g/mol. The summed E-state index contributed by atoms with van der Waals surface area (Å²) < 4.78 is 1.45. The summed E-state index contributed by atoms with van der Waals surface area (Å²) in [4.78, 5) is 29.7. The Bertz CT molecular complexity index is 1030. The van der Waals surface area contributed by atoms with Gasteiger partial charge < -0.3 is 5.32 Å². The number of aromatic nitrogens is 2. The number of rotatable bonds is 8. The highest BCUT2D eigenvalue weighted by Crippen LogP contribution is 2.18. The number of aryl methyl sites for hydroxylation is 3. The number of nitrogens with zero attached hydrogens (tertiary/aromatic N) is 2. The van der Waals surface area contributed by atoms with Gasteiger partial charge in [-0.1, -0.05) is 67.2 Å². The van der Waals surface area contributed by atoms with Gasteiger partial charge in [-0.25, -0.2) is 4.98 Å². The molecule has 0 saturated heterocycles. The Kier molecular flexibility index (Phi) is 7.25. The van der Waals surface area contributed by atoms with Crippen LogP contribution in [0.1, 0.15) is 23.7 Å². The number of anilines is 1. The highest BCUT2D eigenvalue weighted by molar-refractivity contribution is 7.99. The smallest absolute Gasteiger partial charge is 0.254 e. The first-order valence-electron chi connectivity index (χ1n) is 9.69. The van der Waals surface area contributed by atoms with Gasteiger partial charge in [0.15, 0.2) is 5.16 Å². The highest BCUT2D eigenvalue weighted by Gasteiger charge is 2.13. The number of carbonyl (C=O) groups is 1. The average molecular weight is 408 g/mol. The number of carbonyl (C=O) groups excluding carboxylic acids is 1. The zero-order chi connectivity index (χ0) is 20.6. The van der Waals surface area contributed by atoms with Crippen molar-refractivity contribution < 1.29 is 4.79 Å². The van der Waals surface area contributed by atoms with Crippen LogP contribution in [0.25, 0.3) is 0 Å². The minimum Gasteiger partial charge on any atom is -0.324 e. The summed E-state index contributed by atoms with van der Waals surface area (Å²) in [5, 5.41) is 3.50. The lowest BCUT2D eigenvalue weighted by atomic mass is 10.1. The van der Waals surface area contributed by atoms with Gasteiger partial charge in [0.2, 0.25) is 5.91 Å². The fourth-order valence-corrected chi connectivity index (χ4v) is 4.08. The summed E-state index contributed by atoms with van der Waals surface area (Å²) in [6, 6.07) is 19.3. The van der Waals surface area contributed by atoms with Crippen LogP contribution in [0.5, 0.6) is 0 Å². The third-order valence-electron chi connectivity index (χ3n) is 4.54. The fraction of sp³-hybridized carbons (Fsp3) is 0.261. The van der Waals surface area contributed by atoms with Crippen molar-refractivity contribution in [3.05, 3.63) is 87.8 Å². The van der Waals surface area contributed by atoms with Crippen LogP contribution in [-0.4, -0.2) is 21.2 Å². The molecule has 1 N–H and O–H groups in total. The molecule has 5 nitrogen and oxygen atoms in total.